The van der Waals surface area contributed by atoms with Crippen molar-refractivity contribution in [3.8, 4) is 5.75 Å². The number of likely N-dealkylation sites (N-methyl/N-ethyl adjacent to an activating group) is 1. The van der Waals surface area contributed by atoms with Crippen LogP contribution in [0.5, 0.6) is 5.75 Å². The fourth-order valence-corrected chi connectivity index (χ4v) is 3.43. The average molecular weight is 402 g/mol. The van der Waals surface area contributed by atoms with Crippen molar-refractivity contribution in [3.05, 3.63) is 59.4 Å². The number of halogens is 1. The summed E-state index contributed by atoms with van der Waals surface area (Å²) in [7, 11) is 1.63. The number of hydrogen-bond acceptors (Lipinski definition) is 6. The second kappa shape index (κ2) is 8.79. The van der Waals surface area contributed by atoms with Crippen LogP contribution < -0.4 is 4.74 Å². The van der Waals surface area contributed by atoms with Gasteiger partial charge in [0, 0.05) is 7.05 Å². The maximum atomic E-state index is 12.9. The van der Waals surface area contributed by atoms with Crippen LogP contribution in [0.25, 0.3) is 10.2 Å². The SMILES string of the molecule is C[C@H](Oc1ccc(F)cc1)C(=O)OCC(=O)N(C)Cc1nc2ccccc2s1. The summed E-state index contributed by atoms with van der Waals surface area (Å²) in [4.78, 5) is 30.2. The molecule has 3 aromatic rings. The maximum absolute atomic E-state index is 12.9. The zero-order valence-electron chi connectivity index (χ0n) is 15.4. The van der Waals surface area contributed by atoms with Gasteiger partial charge in [-0.1, -0.05) is 12.1 Å². The number of amides is 1. The number of para-hydroxylation sites is 1. The predicted octanol–water partition coefficient (Wildman–Crippen LogP) is 3.40. The van der Waals surface area contributed by atoms with E-state index >= 15 is 0 Å². The van der Waals surface area contributed by atoms with Crippen LogP contribution in [0.4, 0.5) is 4.39 Å². The minimum atomic E-state index is -0.923. The van der Waals surface area contributed by atoms with Crippen molar-refractivity contribution in [1.82, 2.24) is 9.88 Å². The highest BCUT2D eigenvalue weighted by Crippen LogP contribution is 2.22. The molecule has 0 spiro atoms. The molecule has 0 bridgehead atoms. The van der Waals surface area contributed by atoms with Crippen molar-refractivity contribution in [3.63, 3.8) is 0 Å². The zero-order chi connectivity index (χ0) is 20.1. The topological polar surface area (TPSA) is 68.7 Å². The lowest BCUT2D eigenvalue weighted by Crippen LogP contribution is -2.33. The Morgan fingerprint density at radius 3 is 2.61 bits per heavy atom. The van der Waals surface area contributed by atoms with E-state index in [0.717, 1.165) is 15.2 Å². The highest BCUT2D eigenvalue weighted by molar-refractivity contribution is 7.18. The Balaban J connectivity index is 1.48. The minimum absolute atomic E-state index is 0.331. The third kappa shape index (κ3) is 5.04. The van der Waals surface area contributed by atoms with Crippen LogP contribution in [-0.2, 0) is 20.9 Å². The van der Waals surface area contributed by atoms with Gasteiger partial charge in [-0.05, 0) is 43.3 Å². The minimum Gasteiger partial charge on any atom is -0.479 e. The lowest BCUT2D eigenvalue weighted by molar-refractivity contribution is -0.157. The molecule has 0 saturated heterocycles. The molecule has 28 heavy (non-hydrogen) atoms. The van der Waals surface area contributed by atoms with E-state index < -0.39 is 24.5 Å². The Labute approximate surface area is 165 Å². The van der Waals surface area contributed by atoms with Gasteiger partial charge < -0.3 is 14.4 Å². The first-order chi connectivity index (χ1) is 13.4. The number of aromatic nitrogens is 1. The first-order valence-corrected chi connectivity index (χ1v) is 9.41. The number of carbonyl (C=O) groups is 2. The summed E-state index contributed by atoms with van der Waals surface area (Å²) >= 11 is 1.52. The van der Waals surface area contributed by atoms with E-state index in [4.69, 9.17) is 9.47 Å². The fraction of sp³-hybridized carbons (Fsp3) is 0.250. The molecule has 0 radical (unpaired) electrons. The van der Waals surface area contributed by atoms with E-state index in [2.05, 4.69) is 4.98 Å². The lowest BCUT2D eigenvalue weighted by atomic mass is 10.3. The molecule has 3 rings (SSSR count). The fourth-order valence-electron chi connectivity index (χ4n) is 2.40. The van der Waals surface area contributed by atoms with Gasteiger partial charge in [0.1, 0.15) is 16.6 Å². The number of esters is 1. The monoisotopic (exact) mass is 402 g/mol. The van der Waals surface area contributed by atoms with Gasteiger partial charge in [0.05, 0.1) is 16.8 Å². The van der Waals surface area contributed by atoms with E-state index in [-0.39, 0.29) is 5.91 Å². The van der Waals surface area contributed by atoms with E-state index in [9.17, 15) is 14.0 Å². The van der Waals surface area contributed by atoms with Crippen molar-refractivity contribution < 1.29 is 23.5 Å². The number of ether oxygens (including phenoxy) is 2. The molecule has 0 aliphatic rings. The number of rotatable bonds is 7. The van der Waals surface area contributed by atoms with Gasteiger partial charge >= 0.3 is 5.97 Å². The van der Waals surface area contributed by atoms with Crippen molar-refractivity contribution in [2.45, 2.75) is 19.6 Å². The van der Waals surface area contributed by atoms with Gasteiger partial charge in [0.25, 0.3) is 5.91 Å². The molecule has 0 aliphatic carbocycles. The predicted molar refractivity (Wildman–Crippen MR) is 104 cm³/mol. The Kier molecular flexibility index (Phi) is 6.20. The number of nitrogens with zero attached hydrogens (tertiary/aromatic N) is 2. The molecule has 0 N–H and O–H groups in total. The van der Waals surface area contributed by atoms with Crippen LogP contribution >= 0.6 is 11.3 Å². The smallest absolute Gasteiger partial charge is 0.347 e. The van der Waals surface area contributed by atoms with E-state index in [0.29, 0.717) is 12.3 Å². The number of thiazole rings is 1. The molecule has 6 nitrogen and oxygen atoms in total. The van der Waals surface area contributed by atoms with Gasteiger partial charge in [-0.3, -0.25) is 4.79 Å². The van der Waals surface area contributed by atoms with Crippen LogP contribution in [0.15, 0.2) is 48.5 Å². The zero-order valence-corrected chi connectivity index (χ0v) is 16.2. The molecule has 2 aromatic carbocycles. The molecule has 1 heterocycles. The molecule has 0 unspecified atom stereocenters. The molecule has 0 fully saturated rings. The maximum Gasteiger partial charge on any atom is 0.347 e. The summed E-state index contributed by atoms with van der Waals surface area (Å²) < 4.78 is 24.4. The largest absolute Gasteiger partial charge is 0.479 e. The Morgan fingerprint density at radius 1 is 1.18 bits per heavy atom. The van der Waals surface area contributed by atoms with Crippen molar-refractivity contribution in [2.24, 2.45) is 0 Å². The van der Waals surface area contributed by atoms with E-state index in [1.165, 1.54) is 47.4 Å². The van der Waals surface area contributed by atoms with E-state index in [1.54, 1.807) is 7.05 Å². The molecule has 0 aliphatic heterocycles. The average Bonchev–Trinajstić information content (AvgIpc) is 3.09. The molecule has 1 atom stereocenters. The molecule has 0 saturated carbocycles. The summed E-state index contributed by atoms with van der Waals surface area (Å²) in [6.45, 7) is 1.44. The highest BCUT2D eigenvalue weighted by Gasteiger charge is 2.20. The van der Waals surface area contributed by atoms with Crippen LogP contribution in [0.3, 0.4) is 0 Å². The number of fused-ring (bicyclic) bond motifs is 1. The molecule has 1 amide bonds. The number of benzene rings is 2. The summed E-state index contributed by atoms with van der Waals surface area (Å²) in [5, 5.41) is 0.802. The molecular weight excluding hydrogens is 383 g/mol. The summed E-state index contributed by atoms with van der Waals surface area (Å²) in [6.07, 6.45) is -0.923. The van der Waals surface area contributed by atoms with Gasteiger partial charge in [-0.2, -0.15) is 0 Å². The second-order valence-corrected chi connectivity index (χ2v) is 7.26. The van der Waals surface area contributed by atoms with Crippen molar-refractivity contribution >= 4 is 33.4 Å². The summed E-state index contributed by atoms with van der Waals surface area (Å²) in [5.74, 6) is -1.08. The normalized spacial score (nSPS) is 11.8. The van der Waals surface area contributed by atoms with Gasteiger partial charge in [-0.25, -0.2) is 14.2 Å². The van der Waals surface area contributed by atoms with Gasteiger partial charge in [0.15, 0.2) is 12.7 Å². The number of carbonyl (C=O) groups excluding carboxylic acids is 2. The Morgan fingerprint density at radius 2 is 1.89 bits per heavy atom. The van der Waals surface area contributed by atoms with Crippen LogP contribution in [0.2, 0.25) is 0 Å². The third-order valence-electron chi connectivity index (χ3n) is 3.93. The first kappa shape index (κ1) is 19.8. The van der Waals surface area contributed by atoms with Crippen LogP contribution in [-0.4, -0.2) is 41.5 Å². The lowest BCUT2D eigenvalue weighted by Gasteiger charge is -2.17. The third-order valence-corrected chi connectivity index (χ3v) is 4.95. The van der Waals surface area contributed by atoms with Crippen molar-refractivity contribution in [2.75, 3.05) is 13.7 Å². The Hall–Kier alpha value is -3.00. The van der Waals surface area contributed by atoms with Crippen LogP contribution in [0.1, 0.15) is 11.9 Å². The Bertz CT molecular complexity index is 941. The molecule has 1 aromatic heterocycles. The van der Waals surface area contributed by atoms with Crippen LogP contribution in [0, 0.1) is 5.82 Å². The number of hydrogen-bond donors (Lipinski definition) is 0. The molecular formula is C20H19FN2O4S. The second-order valence-electron chi connectivity index (χ2n) is 6.15. The molecule has 8 heteroatoms. The van der Waals surface area contributed by atoms with Gasteiger partial charge in [0.2, 0.25) is 0 Å². The molecule has 146 valence electrons. The highest BCUT2D eigenvalue weighted by atomic mass is 32.1. The summed E-state index contributed by atoms with van der Waals surface area (Å²) in [6, 6.07) is 13.0. The van der Waals surface area contributed by atoms with Crippen molar-refractivity contribution in [1.29, 1.82) is 0 Å². The van der Waals surface area contributed by atoms with E-state index in [1.807, 2.05) is 24.3 Å². The first-order valence-electron chi connectivity index (χ1n) is 8.59. The standard InChI is InChI=1S/C20H19FN2O4S/c1-13(27-15-9-7-14(21)8-10-15)20(25)26-12-19(24)23(2)11-18-22-16-5-3-4-6-17(16)28-18/h3-10,13H,11-12H2,1-2H3/t13-/m0/s1. The quantitative estimate of drug-likeness (QED) is 0.567. The van der Waals surface area contributed by atoms with Gasteiger partial charge in [-0.15, -0.1) is 11.3 Å². The summed E-state index contributed by atoms with van der Waals surface area (Å²) in [5.41, 5.74) is 0.890.